The lowest BCUT2D eigenvalue weighted by Crippen LogP contribution is -2.29. The molecule has 5 heteroatoms. The number of imidazole rings is 1. The van der Waals surface area contributed by atoms with E-state index in [0.29, 0.717) is 19.8 Å². The van der Waals surface area contributed by atoms with Crippen molar-refractivity contribution >= 4 is 0 Å². The van der Waals surface area contributed by atoms with E-state index in [4.69, 9.17) is 9.47 Å². The molecule has 1 atom stereocenters. The molecule has 2 heterocycles. The molecule has 5 nitrogen and oxygen atoms in total. The van der Waals surface area contributed by atoms with Gasteiger partial charge in [0, 0.05) is 30.7 Å². The van der Waals surface area contributed by atoms with Crippen LogP contribution in [0.2, 0.25) is 0 Å². The van der Waals surface area contributed by atoms with Crippen LogP contribution >= 0.6 is 0 Å². The third kappa shape index (κ3) is 3.07. The monoisotopic (exact) mass is 273 g/mol. The summed E-state index contributed by atoms with van der Waals surface area (Å²) in [5.41, 5.74) is 2.34. The van der Waals surface area contributed by atoms with Crippen LogP contribution in [0, 0.1) is 0 Å². The molecule has 1 aliphatic rings. The summed E-state index contributed by atoms with van der Waals surface area (Å²) in [5.74, 6) is 0. The molecular formula is C15H19N3O2. The molecular weight excluding hydrogens is 254 g/mol. The summed E-state index contributed by atoms with van der Waals surface area (Å²) in [7, 11) is 0. The number of hydrogen-bond donors (Lipinski definition) is 1. The molecule has 106 valence electrons. The summed E-state index contributed by atoms with van der Waals surface area (Å²) in [6.07, 6.45) is 5.41. The number of hydrogen-bond acceptors (Lipinski definition) is 4. The SMILES string of the molecule is C[C@H](NCC1OCCO1)c1cccc(-n2ccnc2)c1. The third-order valence-electron chi connectivity index (χ3n) is 3.45. The van der Waals surface area contributed by atoms with Gasteiger partial charge in [-0.05, 0) is 24.6 Å². The average Bonchev–Trinajstić information content (AvgIpc) is 3.18. The van der Waals surface area contributed by atoms with E-state index in [1.807, 2.05) is 10.8 Å². The lowest BCUT2D eigenvalue weighted by Gasteiger charge is -2.17. The van der Waals surface area contributed by atoms with Gasteiger partial charge in [0.2, 0.25) is 0 Å². The van der Waals surface area contributed by atoms with Gasteiger partial charge in [-0.15, -0.1) is 0 Å². The molecule has 0 aliphatic carbocycles. The highest BCUT2D eigenvalue weighted by Crippen LogP contribution is 2.17. The van der Waals surface area contributed by atoms with E-state index in [1.165, 1.54) is 5.56 Å². The van der Waals surface area contributed by atoms with Crippen molar-refractivity contribution in [3.8, 4) is 5.69 Å². The number of nitrogens with one attached hydrogen (secondary N) is 1. The van der Waals surface area contributed by atoms with Crippen LogP contribution in [-0.4, -0.2) is 35.6 Å². The summed E-state index contributed by atoms with van der Waals surface area (Å²) in [6, 6.07) is 8.66. The van der Waals surface area contributed by atoms with Gasteiger partial charge < -0.3 is 19.4 Å². The van der Waals surface area contributed by atoms with E-state index in [2.05, 4.69) is 41.5 Å². The first-order valence-corrected chi connectivity index (χ1v) is 6.88. The van der Waals surface area contributed by atoms with Crippen LogP contribution in [0.5, 0.6) is 0 Å². The maximum absolute atomic E-state index is 5.42. The van der Waals surface area contributed by atoms with Crippen LogP contribution < -0.4 is 5.32 Å². The summed E-state index contributed by atoms with van der Waals surface area (Å²) in [5, 5.41) is 3.44. The predicted molar refractivity (Wildman–Crippen MR) is 75.7 cm³/mol. The van der Waals surface area contributed by atoms with Gasteiger partial charge in [-0.1, -0.05) is 12.1 Å². The highest BCUT2D eigenvalue weighted by Gasteiger charge is 2.16. The maximum Gasteiger partial charge on any atom is 0.170 e. The molecule has 0 unspecified atom stereocenters. The quantitative estimate of drug-likeness (QED) is 0.904. The second kappa shape index (κ2) is 6.17. The van der Waals surface area contributed by atoms with Crippen molar-refractivity contribution in [2.24, 2.45) is 0 Å². The standard InChI is InChI=1S/C15H19N3O2/c1-12(17-10-15-19-7-8-20-15)13-3-2-4-14(9-13)18-6-5-16-11-18/h2-6,9,11-12,15,17H,7-8,10H2,1H3/t12-/m0/s1. The lowest BCUT2D eigenvalue weighted by molar-refractivity contribution is -0.0403. The van der Waals surface area contributed by atoms with E-state index in [1.54, 1.807) is 12.5 Å². The van der Waals surface area contributed by atoms with Crippen molar-refractivity contribution in [2.75, 3.05) is 19.8 Å². The molecule has 0 radical (unpaired) electrons. The van der Waals surface area contributed by atoms with Crippen molar-refractivity contribution in [1.82, 2.24) is 14.9 Å². The Morgan fingerprint density at radius 1 is 1.40 bits per heavy atom. The molecule has 1 aromatic heterocycles. The number of nitrogens with zero attached hydrogens (tertiary/aromatic N) is 2. The van der Waals surface area contributed by atoms with Gasteiger partial charge >= 0.3 is 0 Å². The predicted octanol–water partition coefficient (Wildman–Crippen LogP) is 1.90. The third-order valence-corrected chi connectivity index (χ3v) is 3.45. The Balaban J connectivity index is 1.65. The summed E-state index contributed by atoms with van der Waals surface area (Å²) < 4.78 is 12.8. The second-order valence-corrected chi connectivity index (χ2v) is 4.87. The maximum atomic E-state index is 5.42. The van der Waals surface area contributed by atoms with E-state index in [0.717, 1.165) is 5.69 Å². The largest absolute Gasteiger partial charge is 0.349 e. The van der Waals surface area contributed by atoms with Crippen molar-refractivity contribution in [1.29, 1.82) is 0 Å². The number of benzene rings is 1. The molecule has 0 amide bonds. The van der Waals surface area contributed by atoms with Crippen LogP contribution in [0.1, 0.15) is 18.5 Å². The minimum Gasteiger partial charge on any atom is -0.349 e. The summed E-state index contributed by atoms with van der Waals surface area (Å²) >= 11 is 0. The zero-order valence-electron chi connectivity index (χ0n) is 11.5. The van der Waals surface area contributed by atoms with Crippen molar-refractivity contribution in [3.05, 3.63) is 48.5 Å². The average molecular weight is 273 g/mol. The molecule has 1 saturated heterocycles. The number of aromatic nitrogens is 2. The fourth-order valence-electron chi connectivity index (χ4n) is 2.28. The molecule has 3 rings (SSSR count). The minimum absolute atomic E-state index is 0.116. The molecule has 1 aromatic carbocycles. The first-order valence-electron chi connectivity index (χ1n) is 6.88. The second-order valence-electron chi connectivity index (χ2n) is 4.87. The Kier molecular flexibility index (Phi) is 4.11. The molecule has 0 saturated carbocycles. The van der Waals surface area contributed by atoms with Crippen LogP contribution in [-0.2, 0) is 9.47 Å². The van der Waals surface area contributed by atoms with E-state index >= 15 is 0 Å². The van der Waals surface area contributed by atoms with Gasteiger partial charge in [-0.3, -0.25) is 0 Å². The highest BCUT2D eigenvalue weighted by molar-refractivity contribution is 5.36. The van der Waals surface area contributed by atoms with Gasteiger partial charge in [0.05, 0.1) is 19.5 Å². The Morgan fingerprint density at radius 3 is 3.00 bits per heavy atom. The topological polar surface area (TPSA) is 48.3 Å². The van der Waals surface area contributed by atoms with Crippen LogP contribution in [0.15, 0.2) is 43.0 Å². The molecule has 0 spiro atoms. The zero-order chi connectivity index (χ0) is 13.8. The van der Waals surface area contributed by atoms with E-state index in [9.17, 15) is 0 Å². The first kappa shape index (κ1) is 13.3. The van der Waals surface area contributed by atoms with Crippen LogP contribution in [0.4, 0.5) is 0 Å². The molecule has 1 fully saturated rings. The summed E-state index contributed by atoms with van der Waals surface area (Å²) in [4.78, 5) is 4.08. The fourth-order valence-corrected chi connectivity index (χ4v) is 2.28. The number of ether oxygens (including phenoxy) is 2. The van der Waals surface area contributed by atoms with E-state index in [-0.39, 0.29) is 12.3 Å². The molecule has 0 bridgehead atoms. The van der Waals surface area contributed by atoms with Crippen LogP contribution in [0.25, 0.3) is 5.69 Å². The Hall–Kier alpha value is -1.69. The van der Waals surface area contributed by atoms with Gasteiger partial charge in [-0.2, -0.15) is 0 Å². The Labute approximate surface area is 118 Å². The van der Waals surface area contributed by atoms with Gasteiger partial charge in [-0.25, -0.2) is 4.98 Å². The molecule has 1 N–H and O–H groups in total. The summed E-state index contributed by atoms with van der Waals surface area (Å²) in [6.45, 7) is 4.23. The normalized spacial score (nSPS) is 17.4. The van der Waals surface area contributed by atoms with Gasteiger partial charge in [0.1, 0.15) is 0 Å². The molecule has 1 aliphatic heterocycles. The number of rotatable bonds is 5. The highest BCUT2D eigenvalue weighted by atomic mass is 16.7. The fraction of sp³-hybridized carbons (Fsp3) is 0.400. The van der Waals surface area contributed by atoms with Gasteiger partial charge in [0.25, 0.3) is 0 Å². The lowest BCUT2D eigenvalue weighted by atomic mass is 10.1. The molecule has 2 aromatic rings. The smallest absolute Gasteiger partial charge is 0.170 e. The van der Waals surface area contributed by atoms with Crippen molar-refractivity contribution < 1.29 is 9.47 Å². The van der Waals surface area contributed by atoms with Crippen molar-refractivity contribution in [2.45, 2.75) is 19.3 Å². The first-order chi connectivity index (χ1) is 9.83. The zero-order valence-corrected chi connectivity index (χ0v) is 11.5. The van der Waals surface area contributed by atoms with Gasteiger partial charge in [0.15, 0.2) is 6.29 Å². The molecule has 20 heavy (non-hydrogen) atoms. The Morgan fingerprint density at radius 2 is 2.25 bits per heavy atom. The Bertz CT molecular complexity index is 536. The minimum atomic E-state index is -0.116. The van der Waals surface area contributed by atoms with Crippen molar-refractivity contribution in [3.63, 3.8) is 0 Å². The van der Waals surface area contributed by atoms with Crippen LogP contribution in [0.3, 0.4) is 0 Å². The van der Waals surface area contributed by atoms with E-state index < -0.39 is 0 Å².